The Kier molecular flexibility index (Phi) is 4.14. The zero-order valence-corrected chi connectivity index (χ0v) is 11.9. The van der Waals surface area contributed by atoms with Crippen LogP contribution >= 0.6 is 0 Å². The first-order valence-electron chi connectivity index (χ1n) is 6.36. The van der Waals surface area contributed by atoms with Crippen molar-refractivity contribution in [1.82, 2.24) is 0 Å². The van der Waals surface area contributed by atoms with Crippen molar-refractivity contribution in [3.8, 4) is 35.8 Å². The van der Waals surface area contributed by atoms with Crippen LogP contribution in [0.15, 0.2) is 24.3 Å². The molecule has 2 aromatic carbocycles. The third kappa shape index (κ3) is 2.57. The Morgan fingerprint density at radius 1 is 0.667 bits per heavy atom. The minimum atomic E-state index is -0.670. The molecule has 0 radical (unpaired) electrons. The van der Waals surface area contributed by atoms with Gasteiger partial charge in [0, 0.05) is 11.1 Å². The summed E-state index contributed by atoms with van der Waals surface area (Å²) in [6.45, 7) is 0. The number of nitriles is 4. The molecular formula is C17H6N4O3. The van der Waals surface area contributed by atoms with Crippen molar-refractivity contribution in [2.45, 2.75) is 0 Å². The fraction of sp³-hybridized carbons (Fsp3) is 0. The zero-order valence-electron chi connectivity index (χ0n) is 11.9. The van der Waals surface area contributed by atoms with Crippen LogP contribution in [0.5, 0.6) is 11.5 Å². The van der Waals surface area contributed by atoms with Gasteiger partial charge in [-0.05, 0) is 24.3 Å². The van der Waals surface area contributed by atoms with Crippen LogP contribution in [0.1, 0.15) is 38.2 Å². The van der Waals surface area contributed by atoms with E-state index in [1.165, 1.54) is 0 Å². The summed E-state index contributed by atoms with van der Waals surface area (Å²) in [6.07, 6.45) is 0. The highest BCUT2D eigenvalue weighted by Crippen LogP contribution is 2.27. The van der Waals surface area contributed by atoms with Crippen molar-refractivity contribution >= 4 is 5.78 Å². The Labute approximate surface area is 136 Å². The van der Waals surface area contributed by atoms with Crippen LogP contribution in [0.25, 0.3) is 0 Å². The minimum Gasteiger partial charge on any atom is -0.505 e. The molecule has 24 heavy (non-hydrogen) atoms. The molecule has 0 spiro atoms. The van der Waals surface area contributed by atoms with Crippen molar-refractivity contribution in [2.75, 3.05) is 0 Å². The average Bonchev–Trinajstić information content (AvgIpc) is 2.61. The second kappa shape index (κ2) is 6.20. The number of hydrogen-bond donors (Lipinski definition) is 2. The standard InChI is InChI=1S/C17H6N4O3/c18-5-11-1-9(2-12(6-19)16(11)23)15(22)10-3-13(7-20)17(24)14(4-10)8-21/h1-4,23-24H. The molecule has 2 N–H and O–H groups in total. The second-order valence-electron chi connectivity index (χ2n) is 4.62. The van der Waals surface area contributed by atoms with Crippen LogP contribution in [0.4, 0.5) is 0 Å². The summed E-state index contributed by atoms with van der Waals surface area (Å²) in [4.78, 5) is 12.5. The third-order valence-electron chi connectivity index (χ3n) is 3.23. The molecule has 0 aromatic heterocycles. The quantitative estimate of drug-likeness (QED) is 0.801. The third-order valence-corrected chi connectivity index (χ3v) is 3.23. The molecule has 2 aromatic rings. The predicted molar refractivity (Wildman–Crippen MR) is 78.5 cm³/mol. The SMILES string of the molecule is N#Cc1cc(C(=O)c2cc(C#N)c(O)c(C#N)c2)cc(C#N)c1O. The molecule has 0 saturated heterocycles. The van der Waals surface area contributed by atoms with Crippen molar-refractivity contribution in [3.05, 3.63) is 57.6 Å². The summed E-state index contributed by atoms with van der Waals surface area (Å²) in [6, 6.07) is 11.1. The number of hydrogen-bond acceptors (Lipinski definition) is 7. The molecule has 0 aliphatic carbocycles. The van der Waals surface area contributed by atoms with E-state index in [9.17, 15) is 15.0 Å². The number of rotatable bonds is 2. The van der Waals surface area contributed by atoms with Gasteiger partial charge < -0.3 is 10.2 Å². The molecule has 0 heterocycles. The van der Waals surface area contributed by atoms with E-state index in [1.807, 2.05) is 0 Å². The molecule has 0 amide bonds. The molecule has 0 aliphatic heterocycles. The average molecular weight is 314 g/mol. The second-order valence-corrected chi connectivity index (χ2v) is 4.62. The first-order valence-corrected chi connectivity index (χ1v) is 6.36. The van der Waals surface area contributed by atoms with Gasteiger partial charge in [0.25, 0.3) is 0 Å². The van der Waals surface area contributed by atoms with Crippen LogP contribution in [-0.2, 0) is 0 Å². The molecule has 2 rings (SSSR count). The number of phenols is 2. The summed E-state index contributed by atoms with van der Waals surface area (Å²) in [5.74, 6) is -1.73. The predicted octanol–water partition coefficient (Wildman–Crippen LogP) is 1.82. The van der Waals surface area contributed by atoms with Gasteiger partial charge in [0.1, 0.15) is 24.3 Å². The number of phenolic OH excluding ortho intramolecular Hbond substituents is 2. The Morgan fingerprint density at radius 3 is 1.12 bits per heavy atom. The summed E-state index contributed by atoms with van der Waals surface area (Å²) >= 11 is 0. The smallest absolute Gasteiger partial charge is 0.193 e. The molecule has 0 bridgehead atoms. The van der Waals surface area contributed by atoms with Crippen molar-refractivity contribution in [3.63, 3.8) is 0 Å². The van der Waals surface area contributed by atoms with Crippen molar-refractivity contribution in [1.29, 1.82) is 21.0 Å². The highest BCUT2D eigenvalue weighted by atomic mass is 16.3. The van der Waals surface area contributed by atoms with E-state index in [0.29, 0.717) is 0 Å². The lowest BCUT2D eigenvalue weighted by molar-refractivity contribution is 0.103. The summed E-state index contributed by atoms with van der Waals surface area (Å²) in [7, 11) is 0. The molecule has 7 heteroatoms. The Morgan fingerprint density at radius 2 is 0.917 bits per heavy atom. The highest BCUT2D eigenvalue weighted by Gasteiger charge is 2.19. The maximum Gasteiger partial charge on any atom is 0.193 e. The zero-order chi connectivity index (χ0) is 17.9. The number of carbonyl (C=O) groups excluding carboxylic acids is 1. The van der Waals surface area contributed by atoms with Gasteiger partial charge >= 0.3 is 0 Å². The molecule has 7 nitrogen and oxygen atoms in total. The van der Waals surface area contributed by atoms with E-state index in [1.54, 1.807) is 24.3 Å². The van der Waals surface area contributed by atoms with E-state index in [-0.39, 0.29) is 33.4 Å². The van der Waals surface area contributed by atoms with Crippen LogP contribution in [0, 0.1) is 45.3 Å². The molecule has 0 unspecified atom stereocenters. The number of aromatic hydroxyl groups is 2. The fourth-order valence-corrected chi connectivity index (χ4v) is 2.04. The lowest BCUT2D eigenvalue weighted by Crippen LogP contribution is -2.04. The maximum absolute atomic E-state index is 12.5. The van der Waals surface area contributed by atoms with Crippen molar-refractivity contribution in [2.24, 2.45) is 0 Å². The van der Waals surface area contributed by atoms with Crippen LogP contribution in [-0.4, -0.2) is 16.0 Å². The number of ketones is 1. The van der Waals surface area contributed by atoms with E-state index in [0.717, 1.165) is 24.3 Å². The highest BCUT2D eigenvalue weighted by molar-refractivity contribution is 6.10. The first-order chi connectivity index (χ1) is 11.5. The van der Waals surface area contributed by atoms with Gasteiger partial charge in [-0.15, -0.1) is 0 Å². The van der Waals surface area contributed by atoms with Gasteiger partial charge in [0.2, 0.25) is 0 Å². The van der Waals surface area contributed by atoms with Gasteiger partial charge in [-0.25, -0.2) is 0 Å². The van der Waals surface area contributed by atoms with Gasteiger partial charge in [-0.1, -0.05) is 0 Å². The molecule has 0 saturated carbocycles. The lowest BCUT2D eigenvalue weighted by atomic mass is 9.95. The van der Waals surface area contributed by atoms with Crippen molar-refractivity contribution < 1.29 is 15.0 Å². The monoisotopic (exact) mass is 314 g/mol. The minimum absolute atomic E-state index is 0.0700. The summed E-state index contributed by atoms with van der Waals surface area (Å²) < 4.78 is 0. The van der Waals surface area contributed by atoms with E-state index >= 15 is 0 Å². The maximum atomic E-state index is 12.5. The molecule has 0 aliphatic rings. The number of benzene rings is 2. The van der Waals surface area contributed by atoms with Crippen LogP contribution in [0.3, 0.4) is 0 Å². The summed E-state index contributed by atoms with van der Waals surface area (Å²) in [5.41, 5.74) is -1.15. The summed E-state index contributed by atoms with van der Waals surface area (Å²) in [5, 5.41) is 55.2. The molecular weight excluding hydrogens is 308 g/mol. The van der Waals surface area contributed by atoms with Gasteiger partial charge in [0.15, 0.2) is 17.3 Å². The topological polar surface area (TPSA) is 153 Å². The van der Waals surface area contributed by atoms with E-state index < -0.39 is 17.3 Å². The van der Waals surface area contributed by atoms with E-state index in [4.69, 9.17) is 21.0 Å². The Balaban J connectivity index is 2.68. The Hall–Kier alpha value is -4.33. The fourth-order valence-electron chi connectivity index (χ4n) is 2.04. The Bertz CT molecular complexity index is 890. The molecule has 112 valence electrons. The first kappa shape index (κ1) is 16.0. The number of nitrogens with zero attached hydrogens (tertiary/aromatic N) is 4. The normalized spacial score (nSPS) is 9.17. The van der Waals surface area contributed by atoms with Crippen LogP contribution < -0.4 is 0 Å². The van der Waals surface area contributed by atoms with Crippen LogP contribution in [0.2, 0.25) is 0 Å². The van der Waals surface area contributed by atoms with Gasteiger partial charge in [0.05, 0.1) is 22.3 Å². The van der Waals surface area contributed by atoms with Gasteiger partial charge in [-0.2, -0.15) is 21.0 Å². The molecule has 0 atom stereocenters. The largest absolute Gasteiger partial charge is 0.505 e. The van der Waals surface area contributed by atoms with E-state index in [2.05, 4.69) is 0 Å². The number of carbonyl (C=O) groups is 1. The molecule has 0 fully saturated rings. The lowest BCUT2D eigenvalue weighted by Gasteiger charge is -2.07. The van der Waals surface area contributed by atoms with Gasteiger partial charge in [-0.3, -0.25) is 4.79 Å².